The number of amides is 3. The molecule has 0 spiro atoms. The van der Waals surface area contributed by atoms with Gasteiger partial charge in [0.1, 0.15) is 11.8 Å². The van der Waals surface area contributed by atoms with Crippen LogP contribution in [-0.2, 0) is 31.8 Å². The molecule has 0 saturated carbocycles. The van der Waals surface area contributed by atoms with Gasteiger partial charge >= 0.3 is 11.0 Å². The quantitative estimate of drug-likeness (QED) is 0.425. The number of ether oxygens (including phenoxy) is 2. The molecule has 3 amide bonds. The number of carbonyl (C=O) groups excluding carboxylic acids is 3. The molecule has 10 nitrogen and oxygen atoms in total. The number of rotatable bonds is 5. The normalized spacial score (nSPS) is 22.0. The van der Waals surface area contributed by atoms with Crippen molar-refractivity contribution in [3.05, 3.63) is 68.1 Å². The number of alkyl halides is 3. The Labute approximate surface area is 250 Å². The summed E-state index contributed by atoms with van der Waals surface area (Å²) in [5.41, 5.74) is -0.779. The number of benzene rings is 2. The van der Waals surface area contributed by atoms with Crippen LogP contribution in [0.1, 0.15) is 21.9 Å². The molecule has 0 unspecified atom stereocenters. The minimum atomic E-state index is -4.69. The van der Waals surface area contributed by atoms with E-state index in [0.717, 1.165) is 46.2 Å². The van der Waals surface area contributed by atoms with Gasteiger partial charge in [0, 0.05) is 23.9 Å². The first-order valence-electron chi connectivity index (χ1n) is 13.2. The Morgan fingerprint density at radius 3 is 2.53 bits per heavy atom. The fourth-order valence-corrected chi connectivity index (χ4v) is 8.40. The van der Waals surface area contributed by atoms with Crippen LogP contribution in [0.3, 0.4) is 0 Å². The van der Waals surface area contributed by atoms with Crippen molar-refractivity contribution in [1.29, 1.82) is 0 Å². The summed E-state index contributed by atoms with van der Waals surface area (Å²) in [7, 11) is 1.34. The molecule has 3 aliphatic rings. The standard InChI is InChI=1S/C28H24F3N3O7S2/c1-40-18-11-14(5-6-17(18)35)20-21-22(25(38)34(24(21)37)16-4-2-3-15(12-16)28(29,30)31)42-26-23(20)43-27(39)33(26)13-19(36)32-7-9-41-10-8-32/h2-6,11-12,20-22,35H,7-10,13H2,1H3/t20-,21+,22-/m0/s1. The van der Waals surface area contributed by atoms with E-state index < -0.39 is 45.5 Å². The number of aromatic nitrogens is 1. The lowest BCUT2D eigenvalue weighted by Crippen LogP contribution is -2.43. The van der Waals surface area contributed by atoms with E-state index in [2.05, 4.69) is 0 Å². The van der Waals surface area contributed by atoms with Crippen LogP contribution in [0.5, 0.6) is 11.5 Å². The lowest BCUT2D eigenvalue weighted by molar-refractivity contribution is -0.138. The van der Waals surface area contributed by atoms with Crippen molar-refractivity contribution in [1.82, 2.24) is 9.47 Å². The summed E-state index contributed by atoms with van der Waals surface area (Å²) in [6.45, 7) is 1.18. The second-order valence-corrected chi connectivity index (χ2v) is 12.3. The lowest BCUT2D eigenvalue weighted by Gasteiger charge is -2.31. The van der Waals surface area contributed by atoms with Gasteiger partial charge in [0.15, 0.2) is 11.5 Å². The van der Waals surface area contributed by atoms with E-state index in [1.807, 2.05) is 0 Å². The van der Waals surface area contributed by atoms with Crippen LogP contribution in [-0.4, -0.2) is 71.0 Å². The Kier molecular flexibility index (Phi) is 7.50. The molecule has 3 aliphatic heterocycles. The highest BCUT2D eigenvalue weighted by Gasteiger charge is 2.57. The molecule has 3 aromatic rings. The second-order valence-electron chi connectivity index (χ2n) is 10.1. The summed E-state index contributed by atoms with van der Waals surface area (Å²) in [5.74, 6) is -3.82. The maximum Gasteiger partial charge on any atom is 0.416 e. The molecule has 2 aromatic carbocycles. The number of phenols is 1. The number of phenolic OH excluding ortho intramolecular Hbond substituents is 1. The third kappa shape index (κ3) is 5.08. The number of hydrogen-bond acceptors (Lipinski definition) is 9. The van der Waals surface area contributed by atoms with Crippen molar-refractivity contribution in [2.75, 3.05) is 38.3 Å². The zero-order chi connectivity index (χ0) is 30.6. The smallest absolute Gasteiger partial charge is 0.416 e. The van der Waals surface area contributed by atoms with E-state index in [1.54, 1.807) is 4.90 Å². The van der Waals surface area contributed by atoms with E-state index in [0.29, 0.717) is 41.8 Å². The number of aromatic hydroxyl groups is 1. The Morgan fingerprint density at radius 2 is 1.84 bits per heavy atom. The van der Waals surface area contributed by atoms with Gasteiger partial charge in [0.05, 0.1) is 42.5 Å². The first-order chi connectivity index (χ1) is 20.5. The number of nitrogens with zero attached hydrogens (tertiary/aromatic N) is 3. The third-order valence-electron chi connectivity index (χ3n) is 7.70. The van der Waals surface area contributed by atoms with Crippen molar-refractivity contribution in [2.45, 2.75) is 28.9 Å². The van der Waals surface area contributed by atoms with Crippen molar-refractivity contribution in [3.8, 4) is 11.5 Å². The fourth-order valence-electron chi connectivity index (χ4n) is 5.63. The monoisotopic (exact) mass is 635 g/mol. The molecule has 2 saturated heterocycles. The van der Waals surface area contributed by atoms with E-state index in [9.17, 15) is 37.5 Å². The number of fused-ring (bicyclic) bond motifs is 2. The number of methoxy groups -OCH3 is 1. The number of anilines is 1. The first-order valence-corrected chi connectivity index (χ1v) is 14.9. The fraction of sp³-hybridized carbons (Fsp3) is 0.357. The van der Waals surface area contributed by atoms with Gasteiger partial charge in [0.25, 0.3) is 0 Å². The van der Waals surface area contributed by atoms with E-state index in [-0.39, 0.29) is 29.6 Å². The Balaban J connectivity index is 1.45. The van der Waals surface area contributed by atoms with Crippen LogP contribution < -0.4 is 14.5 Å². The molecular formula is C28H24F3N3O7S2. The molecule has 226 valence electrons. The minimum Gasteiger partial charge on any atom is -0.504 e. The largest absolute Gasteiger partial charge is 0.504 e. The Morgan fingerprint density at radius 1 is 1.09 bits per heavy atom. The number of imide groups is 1. The Hall–Kier alpha value is -3.82. The SMILES string of the molecule is COc1cc([C@@H]2c3sc(=O)n(CC(=O)N4CCOCC4)c3S[C@@H]3C(=O)N(c4cccc(C(F)(F)F)c4)C(=O)[C@H]23)ccc1O. The predicted molar refractivity (Wildman–Crippen MR) is 150 cm³/mol. The third-order valence-corrected chi connectivity index (χ3v) is 10.3. The van der Waals surface area contributed by atoms with Crippen LogP contribution in [0.4, 0.5) is 18.9 Å². The zero-order valence-corrected chi connectivity index (χ0v) is 24.1. The summed E-state index contributed by atoms with van der Waals surface area (Å²) in [6, 6.07) is 8.39. The van der Waals surface area contributed by atoms with E-state index in [4.69, 9.17) is 9.47 Å². The number of thioether (sulfide) groups is 1. The van der Waals surface area contributed by atoms with Crippen molar-refractivity contribution >= 4 is 46.5 Å². The number of thiazole rings is 1. The molecule has 6 rings (SSSR count). The van der Waals surface area contributed by atoms with Crippen molar-refractivity contribution in [2.24, 2.45) is 5.92 Å². The molecule has 1 aromatic heterocycles. The molecule has 15 heteroatoms. The van der Waals surface area contributed by atoms with Gasteiger partial charge in [0.2, 0.25) is 17.7 Å². The first kappa shape index (κ1) is 29.3. The van der Waals surface area contributed by atoms with E-state index >= 15 is 0 Å². The van der Waals surface area contributed by atoms with Gasteiger partial charge < -0.3 is 19.5 Å². The summed E-state index contributed by atoms with van der Waals surface area (Å²) < 4.78 is 52.3. The number of hydrogen-bond donors (Lipinski definition) is 1. The van der Waals surface area contributed by atoms with Crippen LogP contribution in [0, 0.1) is 5.92 Å². The van der Waals surface area contributed by atoms with Gasteiger partial charge in [-0.2, -0.15) is 13.2 Å². The summed E-state index contributed by atoms with van der Waals surface area (Å²) in [5, 5.41) is 9.45. The molecule has 2 fully saturated rings. The lowest BCUT2D eigenvalue weighted by atomic mass is 9.83. The zero-order valence-electron chi connectivity index (χ0n) is 22.5. The number of morpholine rings is 1. The minimum absolute atomic E-state index is 0.0922. The summed E-state index contributed by atoms with van der Waals surface area (Å²) >= 11 is 1.80. The van der Waals surface area contributed by atoms with E-state index in [1.165, 1.54) is 35.9 Å². The highest BCUT2D eigenvalue weighted by molar-refractivity contribution is 8.00. The average molecular weight is 636 g/mol. The molecular weight excluding hydrogens is 611 g/mol. The predicted octanol–water partition coefficient (Wildman–Crippen LogP) is 3.30. The van der Waals surface area contributed by atoms with Crippen LogP contribution in [0.2, 0.25) is 0 Å². The molecule has 0 aliphatic carbocycles. The van der Waals surface area contributed by atoms with Gasteiger partial charge in [-0.3, -0.25) is 23.7 Å². The average Bonchev–Trinajstić information content (AvgIpc) is 3.43. The molecule has 43 heavy (non-hydrogen) atoms. The second kappa shape index (κ2) is 11.0. The maximum absolute atomic E-state index is 14.0. The topological polar surface area (TPSA) is 118 Å². The highest BCUT2D eigenvalue weighted by Crippen LogP contribution is 2.54. The number of carbonyl (C=O) groups is 3. The van der Waals surface area contributed by atoms with Crippen molar-refractivity contribution in [3.63, 3.8) is 0 Å². The van der Waals surface area contributed by atoms with Gasteiger partial charge in [-0.05, 0) is 35.9 Å². The van der Waals surface area contributed by atoms with Gasteiger partial charge in [-0.15, -0.1) is 0 Å². The molecule has 0 radical (unpaired) electrons. The molecule has 3 atom stereocenters. The van der Waals surface area contributed by atoms with Gasteiger partial charge in [-0.1, -0.05) is 35.2 Å². The van der Waals surface area contributed by atoms with Crippen LogP contribution >= 0.6 is 23.1 Å². The van der Waals surface area contributed by atoms with Crippen molar-refractivity contribution < 1.29 is 42.1 Å². The summed E-state index contributed by atoms with van der Waals surface area (Å²) in [6.07, 6.45) is -4.69. The van der Waals surface area contributed by atoms with Crippen LogP contribution in [0.25, 0.3) is 0 Å². The highest BCUT2D eigenvalue weighted by atomic mass is 32.2. The van der Waals surface area contributed by atoms with Crippen LogP contribution in [0.15, 0.2) is 52.3 Å². The molecule has 4 heterocycles. The summed E-state index contributed by atoms with van der Waals surface area (Å²) in [4.78, 5) is 56.5. The number of halogens is 3. The molecule has 1 N–H and O–H groups in total. The van der Waals surface area contributed by atoms with Gasteiger partial charge in [-0.25, -0.2) is 4.90 Å². The Bertz CT molecular complexity index is 1680. The molecule has 0 bridgehead atoms. The maximum atomic E-state index is 14.0.